The molecule has 0 bridgehead atoms. The first-order valence-corrected chi connectivity index (χ1v) is 10.6. The fourth-order valence-electron chi connectivity index (χ4n) is 3.81. The van der Waals surface area contributed by atoms with Gasteiger partial charge in [-0.25, -0.2) is 13.6 Å². The van der Waals surface area contributed by atoms with Crippen molar-refractivity contribution in [3.8, 4) is 0 Å². The van der Waals surface area contributed by atoms with Crippen LogP contribution in [-0.4, -0.2) is 47.4 Å². The Bertz CT molecular complexity index is 941. The maximum atomic E-state index is 13.4. The molecule has 6 nitrogen and oxygen atoms in total. The van der Waals surface area contributed by atoms with E-state index in [1.165, 1.54) is 48.0 Å². The molecule has 0 spiro atoms. The van der Waals surface area contributed by atoms with E-state index in [1.807, 2.05) is 0 Å². The maximum absolute atomic E-state index is 13.4. The number of fused-ring (bicyclic) bond motifs is 1. The molecular formula is C21H22F2N4O2S. The van der Waals surface area contributed by atoms with Crippen molar-refractivity contribution in [2.45, 2.75) is 23.5 Å². The Morgan fingerprint density at radius 2 is 1.53 bits per heavy atom. The van der Waals surface area contributed by atoms with Crippen LogP contribution >= 0.6 is 11.8 Å². The number of imide groups is 1. The summed E-state index contributed by atoms with van der Waals surface area (Å²) < 4.78 is 26.6. The van der Waals surface area contributed by atoms with Crippen molar-refractivity contribution in [1.82, 2.24) is 20.4 Å². The standard InChI is InChI=1S/C21H22F2N4O2S/c1-26-18-16(20(28)27(2)21(26)29)19(30-11-12-3-7-14(22)8-4-12)25-17(24-18)13-5-9-15(23)10-6-13/h3-10,16-19,24-25H,11H2,1-2H3. The number of benzene rings is 2. The van der Waals surface area contributed by atoms with Crippen LogP contribution in [0.15, 0.2) is 48.5 Å². The summed E-state index contributed by atoms with van der Waals surface area (Å²) in [5.41, 5.74) is 1.73. The van der Waals surface area contributed by atoms with E-state index >= 15 is 0 Å². The zero-order valence-electron chi connectivity index (χ0n) is 16.5. The molecule has 2 heterocycles. The lowest BCUT2D eigenvalue weighted by Crippen LogP contribution is -2.72. The number of urea groups is 1. The number of nitrogens with zero attached hydrogens (tertiary/aromatic N) is 2. The van der Waals surface area contributed by atoms with Crippen LogP contribution in [0.3, 0.4) is 0 Å². The minimum Gasteiger partial charge on any atom is -0.311 e. The van der Waals surface area contributed by atoms with Gasteiger partial charge in [-0.2, -0.15) is 0 Å². The largest absolute Gasteiger partial charge is 0.327 e. The molecule has 0 aromatic heterocycles. The predicted octanol–water partition coefficient (Wildman–Crippen LogP) is 2.88. The van der Waals surface area contributed by atoms with E-state index in [2.05, 4.69) is 10.6 Å². The summed E-state index contributed by atoms with van der Waals surface area (Å²) in [5.74, 6) is -0.857. The Balaban J connectivity index is 1.61. The van der Waals surface area contributed by atoms with Gasteiger partial charge in [0.15, 0.2) is 0 Å². The molecule has 2 saturated heterocycles. The van der Waals surface area contributed by atoms with Gasteiger partial charge in [0, 0.05) is 19.8 Å². The van der Waals surface area contributed by atoms with Crippen LogP contribution in [0.2, 0.25) is 0 Å². The van der Waals surface area contributed by atoms with Crippen LogP contribution in [0.5, 0.6) is 0 Å². The first-order chi connectivity index (χ1) is 14.3. The van der Waals surface area contributed by atoms with Crippen molar-refractivity contribution >= 4 is 23.7 Å². The number of carbonyl (C=O) groups excluding carboxylic acids is 2. The molecule has 2 fully saturated rings. The summed E-state index contributed by atoms with van der Waals surface area (Å²) in [4.78, 5) is 28.1. The molecule has 0 radical (unpaired) electrons. The van der Waals surface area contributed by atoms with Gasteiger partial charge in [0.25, 0.3) is 0 Å². The normalized spacial score (nSPS) is 26.7. The Labute approximate surface area is 177 Å². The van der Waals surface area contributed by atoms with E-state index in [0.29, 0.717) is 5.75 Å². The van der Waals surface area contributed by atoms with Gasteiger partial charge < -0.3 is 4.90 Å². The number of thioether (sulfide) groups is 1. The first kappa shape index (κ1) is 20.8. The number of amides is 3. The molecule has 2 aromatic rings. The van der Waals surface area contributed by atoms with E-state index in [9.17, 15) is 18.4 Å². The minimum atomic E-state index is -0.514. The molecule has 158 valence electrons. The highest BCUT2D eigenvalue weighted by Gasteiger charge is 2.50. The third-order valence-electron chi connectivity index (χ3n) is 5.50. The highest BCUT2D eigenvalue weighted by molar-refractivity contribution is 7.99. The summed E-state index contributed by atoms with van der Waals surface area (Å²) in [5, 5.41) is 6.43. The summed E-state index contributed by atoms with van der Waals surface area (Å²) in [6, 6.07) is 11.9. The lowest BCUT2D eigenvalue weighted by Gasteiger charge is -2.50. The molecule has 4 unspecified atom stereocenters. The second-order valence-electron chi connectivity index (χ2n) is 7.44. The van der Waals surface area contributed by atoms with Gasteiger partial charge in [0.05, 0.1) is 23.6 Å². The molecule has 2 aliphatic heterocycles. The average Bonchev–Trinajstić information content (AvgIpc) is 2.75. The number of hydrogen-bond donors (Lipinski definition) is 2. The van der Waals surface area contributed by atoms with E-state index in [1.54, 1.807) is 31.3 Å². The van der Waals surface area contributed by atoms with Crippen molar-refractivity contribution in [2.75, 3.05) is 14.1 Å². The summed E-state index contributed by atoms with van der Waals surface area (Å²) in [6.07, 6.45) is -0.882. The molecule has 2 aromatic carbocycles. The molecule has 30 heavy (non-hydrogen) atoms. The Kier molecular flexibility index (Phi) is 5.77. The smallest absolute Gasteiger partial charge is 0.311 e. The second kappa shape index (κ2) is 8.33. The molecule has 4 rings (SSSR count). The van der Waals surface area contributed by atoms with Crippen LogP contribution in [0.4, 0.5) is 13.6 Å². The molecular weight excluding hydrogens is 410 g/mol. The summed E-state index contributed by atoms with van der Waals surface area (Å²) in [6.45, 7) is 0. The van der Waals surface area contributed by atoms with E-state index in [4.69, 9.17) is 0 Å². The zero-order valence-corrected chi connectivity index (χ0v) is 17.3. The van der Waals surface area contributed by atoms with Crippen molar-refractivity contribution in [1.29, 1.82) is 0 Å². The Morgan fingerprint density at radius 3 is 2.17 bits per heavy atom. The maximum Gasteiger partial charge on any atom is 0.327 e. The van der Waals surface area contributed by atoms with Gasteiger partial charge in [-0.1, -0.05) is 24.3 Å². The molecule has 2 aliphatic rings. The van der Waals surface area contributed by atoms with Crippen LogP contribution in [-0.2, 0) is 10.5 Å². The topological polar surface area (TPSA) is 64.7 Å². The lowest BCUT2D eigenvalue weighted by molar-refractivity contribution is -0.140. The van der Waals surface area contributed by atoms with Crippen molar-refractivity contribution in [3.05, 3.63) is 71.3 Å². The monoisotopic (exact) mass is 432 g/mol. The van der Waals surface area contributed by atoms with E-state index in [0.717, 1.165) is 16.0 Å². The molecule has 3 amide bonds. The van der Waals surface area contributed by atoms with Crippen LogP contribution in [0.25, 0.3) is 0 Å². The fourth-order valence-corrected chi connectivity index (χ4v) is 5.08. The van der Waals surface area contributed by atoms with Gasteiger partial charge in [0.2, 0.25) is 5.91 Å². The summed E-state index contributed by atoms with van der Waals surface area (Å²) >= 11 is 1.52. The highest BCUT2D eigenvalue weighted by atomic mass is 32.2. The van der Waals surface area contributed by atoms with Crippen LogP contribution in [0, 0.1) is 17.6 Å². The van der Waals surface area contributed by atoms with Gasteiger partial charge in [-0.05, 0) is 35.4 Å². The van der Waals surface area contributed by atoms with E-state index < -0.39 is 12.1 Å². The minimum absolute atomic E-state index is 0.266. The number of carbonyl (C=O) groups is 2. The number of nitrogens with one attached hydrogen (secondary N) is 2. The van der Waals surface area contributed by atoms with Gasteiger partial charge >= 0.3 is 6.03 Å². The predicted molar refractivity (Wildman–Crippen MR) is 110 cm³/mol. The third-order valence-corrected chi connectivity index (χ3v) is 6.79. The Morgan fingerprint density at radius 1 is 0.933 bits per heavy atom. The SMILES string of the molecule is CN1C(=O)C2C(SCc3ccc(F)cc3)NC(c3ccc(F)cc3)NC2N(C)C1=O. The van der Waals surface area contributed by atoms with Crippen LogP contribution < -0.4 is 10.6 Å². The van der Waals surface area contributed by atoms with Crippen LogP contribution in [0.1, 0.15) is 17.3 Å². The fraction of sp³-hybridized carbons (Fsp3) is 0.333. The molecule has 0 aliphatic carbocycles. The van der Waals surface area contributed by atoms with Gasteiger partial charge in [-0.15, -0.1) is 11.8 Å². The van der Waals surface area contributed by atoms with E-state index in [-0.39, 0.29) is 35.1 Å². The molecule has 2 N–H and O–H groups in total. The quantitative estimate of drug-likeness (QED) is 0.778. The van der Waals surface area contributed by atoms with Crippen molar-refractivity contribution in [3.63, 3.8) is 0 Å². The second-order valence-corrected chi connectivity index (χ2v) is 8.57. The average molecular weight is 432 g/mol. The highest BCUT2D eigenvalue weighted by Crippen LogP contribution is 2.35. The third kappa shape index (κ3) is 3.92. The summed E-state index contributed by atoms with van der Waals surface area (Å²) in [7, 11) is 3.13. The number of hydrogen-bond acceptors (Lipinski definition) is 5. The van der Waals surface area contributed by atoms with Crippen molar-refractivity contribution in [2.24, 2.45) is 5.92 Å². The Hall–Kier alpha value is -2.49. The lowest BCUT2D eigenvalue weighted by atomic mass is 9.96. The van der Waals surface area contributed by atoms with Gasteiger partial charge in [-0.3, -0.25) is 20.3 Å². The molecule has 0 saturated carbocycles. The first-order valence-electron chi connectivity index (χ1n) is 9.53. The molecule has 9 heteroatoms. The number of rotatable bonds is 4. The van der Waals surface area contributed by atoms with Gasteiger partial charge in [0.1, 0.15) is 11.6 Å². The zero-order chi connectivity index (χ0) is 21.4. The number of halogens is 2. The molecule has 4 atom stereocenters. The van der Waals surface area contributed by atoms with Crippen molar-refractivity contribution < 1.29 is 18.4 Å².